The van der Waals surface area contributed by atoms with E-state index < -0.39 is 10.9 Å². The fourth-order valence-electron chi connectivity index (χ4n) is 2.88. The first-order valence-corrected chi connectivity index (χ1v) is 11.3. The third kappa shape index (κ3) is 6.46. The molecule has 176 valence electrons. The summed E-state index contributed by atoms with van der Waals surface area (Å²) in [5.41, 5.74) is 2.09. The number of non-ortho nitro benzene ring substituents is 1. The number of hydrogen-bond acceptors (Lipinski definition) is 8. The van der Waals surface area contributed by atoms with Crippen LogP contribution in [0.1, 0.15) is 11.1 Å². The van der Waals surface area contributed by atoms with Crippen LogP contribution < -0.4 is 4.74 Å². The number of aromatic nitrogens is 2. The molecule has 0 amide bonds. The molecule has 0 aliphatic carbocycles. The van der Waals surface area contributed by atoms with E-state index in [1.54, 1.807) is 60.7 Å². The van der Waals surface area contributed by atoms with E-state index in [0.29, 0.717) is 21.9 Å². The van der Waals surface area contributed by atoms with Gasteiger partial charge in [0.05, 0.1) is 4.92 Å². The molecule has 4 rings (SSSR count). The van der Waals surface area contributed by atoms with Gasteiger partial charge in [0.15, 0.2) is 0 Å². The molecule has 11 heteroatoms. The lowest BCUT2D eigenvalue weighted by Crippen LogP contribution is -1.97. The molecular formula is C24H16ClN3O6S. The SMILES string of the molecule is O=C(O)/C(=C/c1ccc(OCc2ccc([N+](=O)[O-])cc2)cc1)Sc1nnc(-c2ccc(Cl)cc2)o1. The Labute approximate surface area is 208 Å². The largest absolute Gasteiger partial charge is 0.489 e. The third-order valence-electron chi connectivity index (χ3n) is 4.64. The summed E-state index contributed by atoms with van der Waals surface area (Å²) in [6.45, 7) is 0.233. The lowest BCUT2D eigenvalue weighted by molar-refractivity contribution is -0.384. The van der Waals surface area contributed by atoms with E-state index in [4.69, 9.17) is 20.8 Å². The zero-order valence-electron chi connectivity index (χ0n) is 17.8. The molecule has 0 spiro atoms. The maximum absolute atomic E-state index is 11.8. The van der Waals surface area contributed by atoms with Crippen LogP contribution in [0.2, 0.25) is 5.02 Å². The molecule has 0 aliphatic heterocycles. The van der Waals surface area contributed by atoms with E-state index >= 15 is 0 Å². The van der Waals surface area contributed by atoms with Crippen LogP contribution in [0.5, 0.6) is 5.75 Å². The molecule has 0 atom stereocenters. The van der Waals surface area contributed by atoms with E-state index in [1.807, 2.05) is 0 Å². The lowest BCUT2D eigenvalue weighted by atomic mass is 10.2. The monoisotopic (exact) mass is 509 g/mol. The second-order valence-corrected chi connectivity index (χ2v) is 8.51. The second-order valence-electron chi connectivity index (χ2n) is 7.08. The van der Waals surface area contributed by atoms with Crippen molar-refractivity contribution in [1.82, 2.24) is 10.2 Å². The van der Waals surface area contributed by atoms with Gasteiger partial charge in [-0.25, -0.2) is 4.79 Å². The number of carbonyl (C=O) groups is 1. The fourth-order valence-corrected chi connectivity index (χ4v) is 3.68. The molecule has 1 aromatic heterocycles. The van der Waals surface area contributed by atoms with Crippen LogP contribution in [0.3, 0.4) is 0 Å². The molecule has 1 heterocycles. The highest BCUT2D eigenvalue weighted by molar-refractivity contribution is 8.03. The molecule has 4 aromatic rings. The predicted octanol–water partition coefficient (Wildman–Crippen LogP) is 6.10. The topological polar surface area (TPSA) is 129 Å². The Bertz CT molecular complexity index is 1370. The summed E-state index contributed by atoms with van der Waals surface area (Å²) < 4.78 is 11.3. The Morgan fingerprint density at radius 1 is 1.06 bits per heavy atom. The fraction of sp³-hybridized carbons (Fsp3) is 0.0417. The number of halogens is 1. The van der Waals surface area contributed by atoms with Gasteiger partial charge in [-0.1, -0.05) is 23.7 Å². The maximum atomic E-state index is 11.8. The number of aliphatic carboxylic acids is 1. The highest BCUT2D eigenvalue weighted by Crippen LogP contribution is 2.30. The molecule has 0 unspecified atom stereocenters. The molecule has 0 fully saturated rings. The minimum atomic E-state index is -1.14. The van der Waals surface area contributed by atoms with E-state index in [2.05, 4.69) is 10.2 Å². The van der Waals surface area contributed by atoms with Gasteiger partial charge in [0.2, 0.25) is 5.89 Å². The van der Waals surface area contributed by atoms with E-state index in [-0.39, 0.29) is 28.3 Å². The van der Waals surface area contributed by atoms with Gasteiger partial charge in [-0.15, -0.1) is 10.2 Å². The molecule has 0 bridgehead atoms. The zero-order valence-corrected chi connectivity index (χ0v) is 19.4. The number of benzene rings is 3. The number of rotatable bonds is 9. The molecular weight excluding hydrogens is 494 g/mol. The average molecular weight is 510 g/mol. The van der Waals surface area contributed by atoms with Crippen molar-refractivity contribution in [3.63, 3.8) is 0 Å². The lowest BCUT2D eigenvalue weighted by Gasteiger charge is -2.07. The number of hydrogen-bond donors (Lipinski definition) is 1. The van der Waals surface area contributed by atoms with E-state index in [0.717, 1.165) is 17.3 Å². The summed E-state index contributed by atoms with van der Waals surface area (Å²) in [7, 11) is 0. The summed E-state index contributed by atoms with van der Waals surface area (Å²) in [6, 6.07) is 19.7. The zero-order chi connectivity index (χ0) is 24.8. The summed E-state index contributed by atoms with van der Waals surface area (Å²) in [5.74, 6) is -0.322. The molecule has 0 saturated heterocycles. The minimum Gasteiger partial charge on any atom is -0.489 e. The van der Waals surface area contributed by atoms with Gasteiger partial charge < -0.3 is 14.3 Å². The Kier molecular flexibility index (Phi) is 7.44. The van der Waals surface area contributed by atoms with Crippen molar-refractivity contribution >= 4 is 41.1 Å². The van der Waals surface area contributed by atoms with E-state index in [9.17, 15) is 20.0 Å². The number of nitrogens with zero attached hydrogens (tertiary/aromatic N) is 3. The number of thioether (sulfide) groups is 1. The number of carboxylic acid groups (broad SMARTS) is 1. The molecule has 0 aliphatic rings. The highest BCUT2D eigenvalue weighted by Gasteiger charge is 2.16. The Morgan fingerprint density at radius 3 is 2.37 bits per heavy atom. The van der Waals surface area contributed by atoms with Gasteiger partial charge in [-0.05, 0) is 77.5 Å². The number of nitro groups is 1. The average Bonchev–Trinajstić information content (AvgIpc) is 3.32. The summed E-state index contributed by atoms with van der Waals surface area (Å²) >= 11 is 6.72. The van der Waals surface area contributed by atoms with Crippen LogP contribution in [0.15, 0.2) is 87.3 Å². The van der Waals surface area contributed by atoms with E-state index in [1.165, 1.54) is 18.2 Å². The number of carboxylic acids is 1. The van der Waals surface area contributed by atoms with Crippen LogP contribution in [-0.2, 0) is 11.4 Å². The van der Waals surface area contributed by atoms with Crippen molar-refractivity contribution in [3.05, 3.63) is 104 Å². The first kappa shape index (κ1) is 24.0. The van der Waals surface area contributed by atoms with Crippen molar-refractivity contribution in [2.24, 2.45) is 0 Å². The highest BCUT2D eigenvalue weighted by atomic mass is 35.5. The molecule has 9 nitrogen and oxygen atoms in total. The summed E-state index contributed by atoms with van der Waals surface area (Å²) in [5, 5.41) is 28.9. The Morgan fingerprint density at radius 2 is 1.74 bits per heavy atom. The molecule has 0 radical (unpaired) electrons. The molecule has 3 aromatic carbocycles. The van der Waals surface area contributed by atoms with Gasteiger partial charge in [0.25, 0.3) is 10.9 Å². The van der Waals surface area contributed by atoms with Crippen LogP contribution in [-0.4, -0.2) is 26.2 Å². The van der Waals surface area contributed by atoms with Gasteiger partial charge in [-0.2, -0.15) is 0 Å². The molecule has 35 heavy (non-hydrogen) atoms. The first-order chi connectivity index (χ1) is 16.9. The third-order valence-corrected chi connectivity index (χ3v) is 5.74. The van der Waals surface area contributed by atoms with Crippen LogP contribution in [0.4, 0.5) is 5.69 Å². The summed E-state index contributed by atoms with van der Waals surface area (Å²) in [6.07, 6.45) is 1.49. The quantitative estimate of drug-likeness (QED) is 0.123. The Hall–Kier alpha value is -4.15. The second kappa shape index (κ2) is 10.9. The first-order valence-electron chi connectivity index (χ1n) is 10.1. The smallest absolute Gasteiger partial charge is 0.342 e. The van der Waals surface area contributed by atoms with Gasteiger partial charge >= 0.3 is 5.97 Å². The standard InChI is InChI=1S/C24H16ClN3O6S/c25-18-7-5-17(6-8-18)22-26-27-24(34-22)35-21(23(29)30)13-15-3-11-20(12-4-15)33-14-16-1-9-19(10-2-16)28(31)32/h1-13H,14H2,(H,29,30)/b21-13-. The van der Waals surface area contributed by atoms with Crippen LogP contribution >= 0.6 is 23.4 Å². The van der Waals surface area contributed by atoms with Crippen LogP contribution in [0.25, 0.3) is 17.5 Å². The minimum absolute atomic E-state index is 0.00384. The number of nitro benzene ring substituents is 1. The van der Waals surface area contributed by atoms with Gasteiger partial charge in [0.1, 0.15) is 17.3 Å². The van der Waals surface area contributed by atoms with Crippen LogP contribution in [0, 0.1) is 10.1 Å². The van der Waals surface area contributed by atoms with Crippen molar-refractivity contribution in [1.29, 1.82) is 0 Å². The number of ether oxygens (including phenoxy) is 1. The molecule has 0 saturated carbocycles. The van der Waals surface area contributed by atoms with Gasteiger partial charge in [-0.3, -0.25) is 10.1 Å². The Balaban J connectivity index is 1.40. The van der Waals surface area contributed by atoms with Crippen molar-refractivity contribution < 1.29 is 24.0 Å². The van der Waals surface area contributed by atoms with Gasteiger partial charge in [0, 0.05) is 22.7 Å². The summed E-state index contributed by atoms with van der Waals surface area (Å²) in [4.78, 5) is 22.0. The predicted molar refractivity (Wildman–Crippen MR) is 130 cm³/mol. The van der Waals surface area contributed by atoms with Crippen molar-refractivity contribution in [2.45, 2.75) is 11.8 Å². The van der Waals surface area contributed by atoms with Crippen molar-refractivity contribution in [3.8, 4) is 17.2 Å². The van der Waals surface area contributed by atoms with Crippen molar-refractivity contribution in [2.75, 3.05) is 0 Å². The molecule has 1 N–H and O–H groups in total. The maximum Gasteiger partial charge on any atom is 0.342 e. The normalized spacial score (nSPS) is 11.3.